The zero-order chi connectivity index (χ0) is 13.4. The van der Waals surface area contributed by atoms with E-state index >= 15 is 0 Å². The van der Waals surface area contributed by atoms with Crippen LogP contribution in [0.25, 0.3) is 4.96 Å². The average molecular weight is 295 g/mol. The van der Waals surface area contributed by atoms with Crippen molar-refractivity contribution in [3.8, 4) is 0 Å². The fourth-order valence-corrected chi connectivity index (χ4v) is 3.28. The van der Waals surface area contributed by atoms with E-state index in [4.69, 9.17) is 0 Å². The molecule has 0 bridgehead atoms. The lowest BCUT2D eigenvalue weighted by molar-refractivity contribution is -0.393. The maximum Gasteiger partial charge on any atom is 0.363 e. The van der Waals surface area contributed by atoms with E-state index in [1.54, 1.807) is 17.8 Å². The number of aromatic amines is 1. The zero-order valence-electron chi connectivity index (χ0n) is 9.86. The number of hydrogen-bond donors (Lipinski definition) is 1. The molecule has 0 radical (unpaired) electrons. The van der Waals surface area contributed by atoms with Crippen molar-refractivity contribution in [3.63, 3.8) is 0 Å². The molecule has 0 spiro atoms. The number of imidazole rings is 2. The number of aryl methyl sites for hydroxylation is 1. The Bertz CT molecular complexity index is 744. The number of rotatable bonds is 4. The highest BCUT2D eigenvalue weighted by Gasteiger charge is 2.25. The van der Waals surface area contributed by atoms with Crippen LogP contribution in [0.1, 0.15) is 12.6 Å². The van der Waals surface area contributed by atoms with Gasteiger partial charge in [0.25, 0.3) is 4.96 Å². The van der Waals surface area contributed by atoms with Crippen molar-refractivity contribution in [1.29, 1.82) is 0 Å². The van der Waals surface area contributed by atoms with Crippen molar-refractivity contribution >= 4 is 33.9 Å². The monoisotopic (exact) mass is 295 g/mol. The highest BCUT2D eigenvalue weighted by atomic mass is 32.2. The molecule has 3 rings (SSSR count). The molecule has 0 atom stereocenters. The molecule has 3 heterocycles. The van der Waals surface area contributed by atoms with E-state index in [1.807, 2.05) is 6.92 Å². The summed E-state index contributed by atoms with van der Waals surface area (Å²) in [4.78, 5) is 22.9. The standard InChI is InChI=1S/C10H9N5O2S2/c1-2-6-5-11-9(12-6)19-7-8(15(16)17)14-3-4-18-10(14)13-7/h3-5H,2H2,1H3,(H,11,12). The molecule has 0 saturated heterocycles. The van der Waals surface area contributed by atoms with Gasteiger partial charge in [-0.2, -0.15) is 9.38 Å². The summed E-state index contributed by atoms with van der Waals surface area (Å²) in [6.07, 6.45) is 4.22. The Hall–Kier alpha value is -1.87. The van der Waals surface area contributed by atoms with Gasteiger partial charge in [-0.25, -0.2) is 4.98 Å². The molecule has 98 valence electrons. The Balaban J connectivity index is 2.02. The number of thiazole rings is 1. The number of nitrogens with one attached hydrogen (secondary N) is 1. The van der Waals surface area contributed by atoms with Crippen molar-refractivity contribution in [2.24, 2.45) is 0 Å². The molecule has 0 amide bonds. The molecular formula is C10H9N5O2S2. The van der Waals surface area contributed by atoms with E-state index in [-0.39, 0.29) is 5.82 Å². The van der Waals surface area contributed by atoms with Crippen molar-refractivity contribution in [2.75, 3.05) is 0 Å². The second-order valence-corrected chi connectivity index (χ2v) is 5.57. The lowest BCUT2D eigenvalue weighted by atomic mass is 10.4. The average Bonchev–Trinajstić information content (AvgIpc) is 3.03. The Kier molecular flexibility index (Phi) is 2.99. The number of fused-ring (bicyclic) bond motifs is 1. The third-order valence-corrected chi connectivity index (χ3v) is 4.18. The van der Waals surface area contributed by atoms with Gasteiger partial charge in [0.15, 0.2) is 5.16 Å². The van der Waals surface area contributed by atoms with Gasteiger partial charge < -0.3 is 15.1 Å². The molecule has 0 aliphatic carbocycles. The lowest BCUT2D eigenvalue weighted by Gasteiger charge is -1.95. The molecule has 0 unspecified atom stereocenters. The summed E-state index contributed by atoms with van der Waals surface area (Å²) in [6.45, 7) is 2.01. The van der Waals surface area contributed by atoms with Crippen LogP contribution in [0.5, 0.6) is 0 Å². The summed E-state index contributed by atoms with van der Waals surface area (Å²) in [5.74, 6) is -0.0179. The topological polar surface area (TPSA) is 89.1 Å². The second-order valence-electron chi connectivity index (χ2n) is 3.72. The molecule has 0 saturated carbocycles. The van der Waals surface area contributed by atoms with Crippen molar-refractivity contribution in [3.05, 3.63) is 33.6 Å². The minimum Gasteiger partial charge on any atom is -0.358 e. The third-order valence-electron chi connectivity index (χ3n) is 2.56. The van der Waals surface area contributed by atoms with E-state index in [1.165, 1.54) is 27.5 Å². The quantitative estimate of drug-likeness (QED) is 0.590. The predicted molar refractivity (Wildman–Crippen MR) is 71.8 cm³/mol. The largest absolute Gasteiger partial charge is 0.363 e. The lowest BCUT2D eigenvalue weighted by Crippen LogP contribution is -1.93. The van der Waals surface area contributed by atoms with Crippen molar-refractivity contribution in [1.82, 2.24) is 19.4 Å². The first kappa shape index (κ1) is 12.2. The predicted octanol–water partition coefficient (Wildman–Crippen LogP) is 2.74. The van der Waals surface area contributed by atoms with Gasteiger partial charge in [-0.1, -0.05) is 18.3 Å². The third kappa shape index (κ3) is 2.10. The van der Waals surface area contributed by atoms with Crippen LogP contribution in [-0.4, -0.2) is 24.3 Å². The van der Waals surface area contributed by atoms with Crippen LogP contribution < -0.4 is 0 Å². The van der Waals surface area contributed by atoms with Crippen LogP contribution in [0.2, 0.25) is 0 Å². The highest BCUT2D eigenvalue weighted by molar-refractivity contribution is 7.99. The maximum absolute atomic E-state index is 11.2. The molecule has 7 nitrogen and oxygen atoms in total. The Morgan fingerprint density at radius 3 is 3.16 bits per heavy atom. The van der Waals surface area contributed by atoms with Gasteiger partial charge in [-0.15, -0.1) is 0 Å². The fourth-order valence-electron chi connectivity index (χ4n) is 1.65. The van der Waals surface area contributed by atoms with Gasteiger partial charge in [0, 0.05) is 17.3 Å². The zero-order valence-corrected chi connectivity index (χ0v) is 11.5. The Morgan fingerprint density at radius 2 is 2.47 bits per heavy atom. The van der Waals surface area contributed by atoms with E-state index < -0.39 is 4.92 Å². The van der Waals surface area contributed by atoms with Crippen molar-refractivity contribution in [2.45, 2.75) is 23.5 Å². The molecule has 0 aliphatic heterocycles. The van der Waals surface area contributed by atoms with Crippen LogP contribution in [-0.2, 0) is 6.42 Å². The first-order valence-electron chi connectivity index (χ1n) is 5.50. The number of nitrogens with zero attached hydrogens (tertiary/aromatic N) is 4. The Morgan fingerprint density at radius 1 is 1.63 bits per heavy atom. The van der Waals surface area contributed by atoms with Gasteiger partial charge in [0.1, 0.15) is 6.20 Å². The first-order valence-corrected chi connectivity index (χ1v) is 7.20. The van der Waals surface area contributed by atoms with Crippen LogP contribution >= 0.6 is 23.1 Å². The number of H-pyrrole nitrogens is 1. The summed E-state index contributed by atoms with van der Waals surface area (Å²) in [5, 5.41) is 13.9. The van der Waals surface area contributed by atoms with E-state index in [0.717, 1.165) is 12.1 Å². The van der Waals surface area contributed by atoms with Gasteiger partial charge in [0.2, 0.25) is 5.03 Å². The number of nitro groups is 1. The Labute approximate surface area is 115 Å². The van der Waals surface area contributed by atoms with Gasteiger partial charge in [0.05, 0.1) is 0 Å². The van der Waals surface area contributed by atoms with E-state index in [0.29, 0.717) is 15.1 Å². The highest BCUT2D eigenvalue weighted by Crippen LogP contribution is 2.34. The van der Waals surface area contributed by atoms with E-state index in [9.17, 15) is 10.1 Å². The molecule has 1 N–H and O–H groups in total. The summed E-state index contributed by atoms with van der Waals surface area (Å²) >= 11 is 2.54. The minimum absolute atomic E-state index is 0.0179. The molecule has 0 fully saturated rings. The van der Waals surface area contributed by atoms with Gasteiger partial charge >= 0.3 is 5.82 Å². The molecule has 19 heavy (non-hydrogen) atoms. The summed E-state index contributed by atoms with van der Waals surface area (Å²) < 4.78 is 1.48. The van der Waals surface area contributed by atoms with Crippen LogP contribution in [0.3, 0.4) is 0 Å². The first-order chi connectivity index (χ1) is 9.19. The molecule has 9 heteroatoms. The second kappa shape index (κ2) is 4.67. The molecular weight excluding hydrogens is 286 g/mol. The van der Waals surface area contributed by atoms with Crippen LogP contribution in [0, 0.1) is 10.1 Å². The SMILES string of the molecule is CCc1cnc(Sc2nc3sccn3c2[N+](=O)[O-])[nH]1. The molecule has 3 aromatic heterocycles. The minimum atomic E-state index is -0.418. The number of hydrogen-bond acceptors (Lipinski definition) is 6. The smallest absolute Gasteiger partial charge is 0.358 e. The van der Waals surface area contributed by atoms with Gasteiger partial charge in [-0.05, 0) is 23.1 Å². The summed E-state index contributed by atoms with van der Waals surface area (Å²) in [7, 11) is 0. The summed E-state index contributed by atoms with van der Waals surface area (Å²) in [6, 6.07) is 0. The maximum atomic E-state index is 11.2. The molecule has 3 aromatic rings. The fraction of sp³-hybridized carbons (Fsp3) is 0.200. The van der Waals surface area contributed by atoms with Crippen molar-refractivity contribution < 1.29 is 4.92 Å². The van der Waals surface area contributed by atoms with E-state index in [2.05, 4.69) is 15.0 Å². The normalized spacial score (nSPS) is 11.2. The van der Waals surface area contributed by atoms with Crippen LogP contribution in [0.4, 0.5) is 5.82 Å². The molecule has 0 aromatic carbocycles. The summed E-state index contributed by atoms with van der Waals surface area (Å²) in [5.41, 5.74) is 0.992. The number of aromatic nitrogens is 4. The van der Waals surface area contributed by atoms with Gasteiger partial charge in [-0.3, -0.25) is 0 Å². The van der Waals surface area contributed by atoms with Crippen LogP contribution in [0.15, 0.2) is 28.0 Å². The molecule has 0 aliphatic rings.